The van der Waals surface area contributed by atoms with E-state index in [1.807, 2.05) is 0 Å². The molecule has 2 aliphatic rings. The summed E-state index contributed by atoms with van der Waals surface area (Å²) in [6.45, 7) is 2.62. The maximum absolute atomic E-state index is 13.2. The van der Waals surface area contributed by atoms with Crippen LogP contribution in [0.2, 0.25) is 0 Å². The average molecular weight is 234 g/mol. The van der Waals surface area contributed by atoms with Crippen LogP contribution in [0.3, 0.4) is 0 Å². The van der Waals surface area contributed by atoms with Crippen molar-refractivity contribution in [3.63, 3.8) is 0 Å². The average Bonchev–Trinajstić information content (AvgIpc) is 2.62. The third-order valence-corrected chi connectivity index (χ3v) is 3.81. The van der Waals surface area contributed by atoms with Crippen molar-refractivity contribution >= 4 is 5.91 Å². The molecular weight excluding hydrogens is 219 g/mol. The molecule has 2 atom stereocenters. The number of fused-ring (bicyclic) bond motifs is 3. The van der Waals surface area contributed by atoms with Crippen LogP contribution in [-0.2, 0) is 0 Å². The molecule has 17 heavy (non-hydrogen) atoms. The Hall–Kier alpha value is -1.42. The first-order valence-corrected chi connectivity index (χ1v) is 5.91. The van der Waals surface area contributed by atoms with Gasteiger partial charge in [-0.15, -0.1) is 0 Å². The highest BCUT2D eigenvalue weighted by Gasteiger charge is 2.36. The minimum Gasteiger partial charge on any atom is -0.352 e. The molecule has 1 aromatic carbocycles. The number of halogens is 1. The van der Waals surface area contributed by atoms with Crippen LogP contribution >= 0.6 is 0 Å². The lowest BCUT2D eigenvalue weighted by atomic mass is 9.87. The fourth-order valence-electron chi connectivity index (χ4n) is 3.01. The maximum atomic E-state index is 13.2. The predicted molar refractivity (Wildman–Crippen MR) is 62.5 cm³/mol. The fourth-order valence-corrected chi connectivity index (χ4v) is 3.01. The Morgan fingerprint density at radius 2 is 2.24 bits per heavy atom. The highest BCUT2D eigenvalue weighted by atomic mass is 19.1. The van der Waals surface area contributed by atoms with Gasteiger partial charge in [-0.1, -0.05) is 6.07 Å². The van der Waals surface area contributed by atoms with Crippen LogP contribution < -0.4 is 5.32 Å². The number of amides is 1. The minimum atomic E-state index is -0.344. The Morgan fingerprint density at radius 3 is 3.06 bits per heavy atom. The van der Waals surface area contributed by atoms with E-state index >= 15 is 0 Å². The molecule has 0 aliphatic carbocycles. The van der Waals surface area contributed by atoms with Crippen molar-refractivity contribution in [1.29, 1.82) is 0 Å². The number of benzene rings is 1. The van der Waals surface area contributed by atoms with E-state index in [0.29, 0.717) is 23.9 Å². The lowest BCUT2D eigenvalue weighted by Crippen LogP contribution is -2.29. The molecule has 1 saturated heterocycles. The summed E-state index contributed by atoms with van der Waals surface area (Å²) in [6.07, 6.45) is 0. The van der Waals surface area contributed by atoms with E-state index in [2.05, 4.69) is 17.3 Å². The Kier molecular flexibility index (Phi) is 2.40. The first-order valence-electron chi connectivity index (χ1n) is 5.91. The standard InChI is InChI=1S/C13H15FN2O/c1-16-6-8-5-15-13(17)11-4-9(14)2-3-10(11)12(8)7-16/h2-4,8,12H,5-7H2,1H3,(H,15,17)/t8-,12?/m0/s1. The zero-order valence-corrected chi connectivity index (χ0v) is 9.74. The molecule has 2 heterocycles. The van der Waals surface area contributed by atoms with Crippen molar-refractivity contribution in [2.75, 3.05) is 26.7 Å². The highest BCUT2D eigenvalue weighted by Crippen LogP contribution is 2.35. The maximum Gasteiger partial charge on any atom is 0.251 e. The van der Waals surface area contributed by atoms with E-state index in [0.717, 1.165) is 18.7 Å². The van der Waals surface area contributed by atoms with E-state index in [4.69, 9.17) is 0 Å². The van der Waals surface area contributed by atoms with Gasteiger partial charge in [0, 0.05) is 31.1 Å². The van der Waals surface area contributed by atoms with Gasteiger partial charge in [0.15, 0.2) is 0 Å². The third kappa shape index (κ3) is 1.72. The van der Waals surface area contributed by atoms with Gasteiger partial charge in [-0.3, -0.25) is 4.79 Å². The number of hydrogen-bond donors (Lipinski definition) is 1. The minimum absolute atomic E-state index is 0.142. The molecule has 0 saturated carbocycles. The van der Waals surface area contributed by atoms with Crippen LogP contribution in [0.5, 0.6) is 0 Å². The number of likely N-dealkylation sites (tertiary alicyclic amines) is 1. The monoisotopic (exact) mass is 234 g/mol. The first-order chi connectivity index (χ1) is 8.15. The molecule has 4 heteroatoms. The number of hydrogen-bond acceptors (Lipinski definition) is 2. The summed E-state index contributed by atoms with van der Waals surface area (Å²) in [5, 5.41) is 2.89. The number of likely N-dealkylation sites (N-methyl/N-ethyl adjacent to an activating group) is 1. The second kappa shape index (κ2) is 3.81. The first kappa shape index (κ1) is 10.7. The zero-order valence-electron chi connectivity index (χ0n) is 9.74. The summed E-state index contributed by atoms with van der Waals surface area (Å²) >= 11 is 0. The lowest BCUT2D eigenvalue weighted by Gasteiger charge is -2.15. The second-order valence-corrected chi connectivity index (χ2v) is 5.03. The van der Waals surface area contributed by atoms with Crippen LogP contribution in [-0.4, -0.2) is 37.5 Å². The van der Waals surface area contributed by atoms with Crippen LogP contribution in [0.1, 0.15) is 21.8 Å². The number of nitrogens with zero attached hydrogens (tertiary/aromatic N) is 1. The number of carbonyl (C=O) groups is 1. The molecule has 0 bridgehead atoms. The normalized spacial score (nSPS) is 28.2. The van der Waals surface area contributed by atoms with Crippen LogP contribution in [0.4, 0.5) is 4.39 Å². The Labute approximate surface area is 99.6 Å². The van der Waals surface area contributed by atoms with Crippen molar-refractivity contribution in [3.8, 4) is 0 Å². The summed E-state index contributed by atoms with van der Waals surface area (Å²) in [5.41, 5.74) is 1.50. The van der Waals surface area contributed by atoms with Crippen LogP contribution in [0.25, 0.3) is 0 Å². The van der Waals surface area contributed by atoms with E-state index in [1.165, 1.54) is 12.1 Å². The van der Waals surface area contributed by atoms with Gasteiger partial charge < -0.3 is 10.2 Å². The van der Waals surface area contributed by atoms with Crippen molar-refractivity contribution in [3.05, 3.63) is 35.1 Å². The molecule has 1 amide bonds. The molecule has 1 unspecified atom stereocenters. The number of carbonyl (C=O) groups excluding carboxylic acids is 1. The van der Waals surface area contributed by atoms with Gasteiger partial charge in [-0.05, 0) is 30.7 Å². The largest absolute Gasteiger partial charge is 0.352 e. The van der Waals surface area contributed by atoms with E-state index in [1.54, 1.807) is 6.07 Å². The van der Waals surface area contributed by atoms with Gasteiger partial charge in [-0.25, -0.2) is 4.39 Å². The van der Waals surface area contributed by atoms with Crippen molar-refractivity contribution in [2.24, 2.45) is 5.92 Å². The van der Waals surface area contributed by atoms with Crippen molar-refractivity contribution in [2.45, 2.75) is 5.92 Å². The molecule has 3 nitrogen and oxygen atoms in total. The highest BCUT2D eigenvalue weighted by molar-refractivity contribution is 5.96. The summed E-state index contributed by atoms with van der Waals surface area (Å²) < 4.78 is 13.2. The zero-order chi connectivity index (χ0) is 12.0. The predicted octanol–water partition coefficient (Wildman–Crippen LogP) is 1.21. The summed E-state index contributed by atoms with van der Waals surface area (Å²) in [7, 11) is 2.08. The van der Waals surface area contributed by atoms with Gasteiger partial charge in [0.1, 0.15) is 5.82 Å². The van der Waals surface area contributed by atoms with Crippen LogP contribution in [0, 0.1) is 11.7 Å². The van der Waals surface area contributed by atoms with Gasteiger partial charge in [0.2, 0.25) is 0 Å². The SMILES string of the molecule is CN1CC2c3ccc(F)cc3C(=O)NC[C@H]2C1. The second-order valence-electron chi connectivity index (χ2n) is 5.03. The van der Waals surface area contributed by atoms with E-state index in [9.17, 15) is 9.18 Å². The molecule has 3 rings (SSSR count). The molecule has 1 fully saturated rings. The Morgan fingerprint density at radius 1 is 1.41 bits per heavy atom. The summed E-state index contributed by atoms with van der Waals surface area (Å²) in [4.78, 5) is 14.1. The summed E-state index contributed by atoms with van der Waals surface area (Å²) in [5.74, 6) is 0.297. The molecule has 0 spiro atoms. The summed E-state index contributed by atoms with van der Waals surface area (Å²) in [6, 6.07) is 4.57. The van der Waals surface area contributed by atoms with Crippen LogP contribution in [0.15, 0.2) is 18.2 Å². The van der Waals surface area contributed by atoms with Crippen molar-refractivity contribution < 1.29 is 9.18 Å². The van der Waals surface area contributed by atoms with Gasteiger partial charge in [-0.2, -0.15) is 0 Å². The van der Waals surface area contributed by atoms with E-state index < -0.39 is 0 Å². The van der Waals surface area contributed by atoms with Gasteiger partial charge >= 0.3 is 0 Å². The molecule has 1 aromatic rings. The molecule has 2 aliphatic heterocycles. The number of nitrogens with one attached hydrogen (secondary N) is 1. The van der Waals surface area contributed by atoms with Gasteiger partial charge in [0.05, 0.1) is 0 Å². The van der Waals surface area contributed by atoms with Crippen molar-refractivity contribution in [1.82, 2.24) is 10.2 Å². The van der Waals surface area contributed by atoms with Gasteiger partial charge in [0.25, 0.3) is 5.91 Å². The number of rotatable bonds is 0. The quantitative estimate of drug-likeness (QED) is 0.732. The topological polar surface area (TPSA) is 32.3 Å². The Balaban J connectivity index is 2.09. The molecule has 90 valence electrons. The Bertz CT molecular complexity index is 474. The van der Waals surface area contributed by atoms with E-state index in [-0.39, 0.29) is 11.7 Å². The lowest BCUT2D eigenvalue weighted by molar-refractivity contribution is 0.0951. The smallest absolute Gasteiger partial charge is 0.251 e. The molecule has 0 aromatic heterocycles. The third-order valence-electron chi connectivity index (χ3n) is 3.81. The molecule has 0 radical (unpaired) electrons. The molecular formula is C13H15FN2O. The fraction of sp³-hybridized carbons (Fsp3) is 0.462. The molecule has 1 N–H and O–H groups in total.